The summed E-state index contributed by atoms with van der Waals surface area (Å²) in [6.45, 7) is 10.1. The summed E-state index contributed by atoms with van der Waals surface area (Å²) in [4.78, 5) is 15.1. The number of carbonyl (C=O) groups is 1. The number of fused-ring (bicyclic) bond motifs is 1. The van der Waals surface area contributed by atoms with Crippen molar-refractivity contribution in [3.8, 4) is 5.69 Å². The number of rotatable bonds is 6. The van der Waals surface area contributed by atoms with Gasteiger partial charge in [-0.1, -0.05) is 31.5 Å². The molecule has 1 aliphatic heterocycles. The number of aromatic nitrogens is 1. The van der Waals surface area contributed by atoms with Gasteiger partial charge < -0.3 is 9.47 Å². The lowest BCUT2D eigenvalue weighted by atomic mass is 9.79. The van der Waals surface area contributed by atoms with Crippen molar-refractivity contribution in [1.82, 2.24) is 9.99 Å². The molecule has 1 amide bonds. The largest absolute Gasteiger partial charge is 0.366 e. The van der Waals surface area contributed by atoms with Crippen molar-refractivity contribution in [2.75, 3.05) is 11.4 Å². The highest BCUT2D eigenvalue weighted by molar-refractivity contribution is 6.33. The van der Waals surface area contributed by atoms with E-state index in [0.717, 1.165) is 30.6 Å². The summed E-state index contributed by atoms with van der Waals surface area (Å²) in [5.74, 6) is 0.150. The van der Waals surface area contributed by atoms with E-state index in [-0.39, 0.29) is 11.4 Å². The van der Waals surface area contributed by atoms with Crippen molar-refractivity contribution < 1.29 is 4.79 Å². The summed E-state index contributed by atoms with van der Waals surface area (Å²) in [5.41, 5.74) is 7.47. The van der Waals surface area contributed by atoms with Gasteiger partial charge in [-0.05, 0) is 80.6 Å². The number of amides is 1. The van der Waals surface area contributed by atoms with Crippen molar-refractivity contribution in [3.63, 3.8) is 0 Å². The second kappa shape index (κ2) is 9.44. The van der Waals surface area contributed by atoms with Gasteiger partial charge in [0.1, 0.15) is 0 Å². The van der Waals surface area contributed by atoms with Crippen LogP contribution in [0.15, 0.2) is 66.0 Å². The average molecular weight is 463 g/mol. The summed E-state index contributed by atoms with van der Waals surface area (Å²) in [7, 11) is 0. The quantitative estimate of drug-likeness (QED) is 0.340. The van der Waals surface area contributed by atoms with Gasteiger partial charge in [-0.15, -0.1) is 0 Å². The molecule has 0 radical (unpaired) electrons. The first-order valence-corrected chi connectivity index (χ1v) is 11.9. The molecule has 4 rings (SSSR count). The number of hydrogen-bond donors (Lipinski definition) is 1. The maximum Gasteiger partial charge on any atom is 0.271 e. The molecule has 1 atom stereocenters. The van der Waals surface area contributed by atoms with Crippen LogP contribution in [0.2, 0.25) is 5.02 Å². The van der Waals surface area contributed by atoms with E-state index in [9.17, 15) is 4.79 Å². The first kappa shape index (κ1) is 23.1. The van der Waals surface area contributed by atoms with Gasteiger partial charge in [0, 0.05) is 47.0 Å². The Labute approximate surface area is 201 Å². The minimum atomic E-state index is -0.265. The highest BCUT2D eigenvalue weighted by Gasteiger charge is 2.36. The fourth-order valence-electron chi connectivity index (χ4n) is 4.81. The molecule has 0 aliphatic carbocycles. The van der Waals surface area contributed by atoms with E-state index < -0.39 is 0 Å². The molecular formula is C27H31ClN4O. The number of anilines is 1. The monoisotopic (exact) mass is 462 g/mol. The Kier molecular flexibility index (Phi) is 6.61. The van der Waals surface area contributed by atoms with E-state index in [1.165, 1.54) is 11.3 Å². The van der Waals surface area contributed by atoms with Crippen LogP contribution in [0.3, 0.4) is 0 Å². The van der Waals surface area contributed by atoms with Crippen LogP contribution in [0, 0.1) is 0 Å². The number of nitrogens with zero attached hydrogens (tertiary/aromatic N) is 3. The molecule has 0 saturated carbocycles. The van der Waals surface area contributed by atoms with Gasteiger partial charge in [-0.2, -0.15) is 5.10 Å². The molecule has 0 saturated heterocycles. The van der Waals surface area contributed by atoms with E-state index in [1.807, 2.05) is 53.4 Å². The second-order valence-electron chi connectivity index (χ2n) is 9.34. The van der Waals surface area contributed by atoms with E-state index >= 15 is 0 Å². The summed E-state index contributed by atoms with van der Waals surface area (Å²) < 4.78 is 1.96. The molecule has 2 aromatic carbocycles. The van der Waals surface area contributed by atoms with Gasteiger partial charge in [0.25, 0.3) is 5.91 Å². The minimum Gasteiger partial charge on any atom is -0.366 e. The molecule has 1 aliphatic rings. The Balaban J connectivity index is 1.53. The number of carbonyl (C=O) groups excluding carboxylic acids is 1. The Morgan fingerprint density at radius 2 is 1.97 bits per heavy atom. The molecule has 3 aromatic rings. The molecule has 1 aromatic heterocycles. The topological polar surface area (TPSA) is 49.6 Å². The van der Waals surface area contributed by atoms with Crippen LogP contribution in [0.5, 0.6) is 0 Å². The first-order chi connectivity index (χ1) is 15.8. The van der Waals surface area contributed by atoms with E-state index in [0.29, 0.717) is 16.5 Å². The van der Waals surface area contributed by atoms with Gasteiger partial charge >= 0.3 is 0 Å². The average Bonchev–Trinajstić information content (AvgIpc) is 3.32. The highest BCUT2D eigenvalue weighted by Crippen LogP contribution is 2.45. The molecule has 0 bridgehead atoms. The lowest BCUT2D eigenvalue weighted by molar-refractivity contribution is 0.0955. The lowest BCUT2D eigenvalue weighted by Crippen LogP contribution is -2.48. The second-order valence-corrected chi connectivity index (χ2v) is 9.75. The van der Waals surface area contributed by atoms with Crippen LogP contribution in [0.25, 0.3) is 5.69 Å². The van der Waals surface area contributed by atoms with Crippen molar-refractivity contribution in [1.29, 1.82) is 0 Å². The van der Waals surface area contributed by atoms with Gasteiger partial charge in [0.05, 0.1) is 11.2 Å². The van der Waals surface area contributed by atoms with Gasteiger partial charge in [0.15, 0.2) is 0 Å². The normalized spacial score (nSPS) is 17.2. The third-order valence-electron chi connectivity index (χ3n) is 6.33. The Morgan fingerprint density at radius 3 is 2.70 bits per heavy atom. The number of halogens is 1. The zero-order chi connectivity index (χ0) is 23.6. The molecule has 33 heavy (non-hydrogen) atoms. The van der Waals surface area contributed by atoms with Crippen LogP contribution in [0.1, 0.15) is 67.9 Å². The van der Waals surface area contributed by atoms with Crippen LogP contribution in [0.4, 0.5) is 5.69 Å². The Morgan fingerprint density at radius 1 is 1.21 bits per heavy atom. The standard InChI is InChI=1S/C27H31ClN4O/c1-5-11-32-25-16-24(28)21(15-23(25)19(2)17-27(32,3)4)18-29-30-26(33)20-9-8-10-22(14-20)31-12-6-7-13-31/h6-10,12-16,18-19H,5,11,17H2,1-4H3,(H,30,33)/b29-18+. The zero-order valence-corrected chi connectivity index (χ0v) is 20.4. The molecule has 1 unspecified atom stereocenters. The molecule has 6 heteroatoms. The number of benzene rings is 2. The lowest BCUT2D eigenvalue weighted by Gasteiger charge is -2.47. The minimum absolute atomic E-state index is 0.0878. The third kappa shape index (κ3) is 4.83. The highest BCUT2D eigenvalue weighted by atomic mass is 35.5. The van der Waals surface area contributed by atoms with Crippen molar-refractivity contribution >= 4 is 29.4 Å². The number of hydrazone groups is 1. The smallest absolute Gasteiger partial charge is 0.271 e. The summed E-state index contributed by atoms with van der Waals surface area (Å²) in [6.07, 6.45) is 7.67. The number of hydrogen-bond acceptors (Lipinski definition) is 3. The predicted molar refractivity (Wildman–Crippen MR) is 137 cm³/mol. The fourth-order valence-corrected chi connectivity index (χ4v) is 5.01. The summed E-state index contributed by atoms with van der Waals surface area (Å²) >= 11 is 6.64. The third-order valence-corrected chi connectivity index (χ3v) is 6.66. The molecule has 5 nitrogen and oxygen atoms in total. The van der Waals surface area contributed by atoms with Gasteiger partial charge in [-0.3, -0.25) is 4.79 Å². The summed E-state index contributed by atoms with van der Waals surface area (Å²) in [5, 5.41) is 4.83. The molecular weight excluding hydrogens is 432 g/mol. The van der Waals surface area contributed by atoms with Crippen LogP contribution in [-0.2, 0) is 0 Å². The van der Waals surface area contributed by atoms with Crippen molar-refractivity contribution in [3.05, 3.63) is 82.6 Å². The van der Waals surface area contributed by atoms with Gasteiger partial charge in [0.2, 0.25) is 0 Å². The molecule has 2 heterocycles. The van der Waals surface area contributed by atoms with E-state index in [1.54, 1.807) is 12.3 Å². The zero-order valence-electron chi connectivity index (χ0n) is 19.7. The first-order valence-electron chi connectivity index (χ1n) is 11.5. The number of nitrogens with one attached hydrogen (secondary N) is 1. The predicted octanol–water partition coefficient (Wildman–Crippen LogP) is 6.40. The fraction of sp³-hybridized carbons (Fsp3) is 0.333. The Bertz CT molecular complexity index is 1170. The molecule has 0 fully saturated rings. The van der Waals surface area contributed by atoms with Crippen molar-refractivity contribution in [2.24, 2.45) is 5.10 Å². The van der Waals surface area contributed by atoms with Gasteiger partial charge in [-0.25, -0.2) is 5.43 Å². The molecule has 1 N–H and O–H groups in total. The van der Waals surface area contributed by atoms with E-state index in [2.05, 4.69) is 49.2 Å². The van der Waals surface area contributed by atoms with E-state index in [4.69, 9.17) is 11.6 Å². The Hall–Kier alpha value is -3.05. The van der Waals surface area contributed by atoms with Crippen LogP contribution >= 0.6 is 11.6 Å². The van der Waals surface area contributed by atoms with Crippen LogP contribution < -0.4 is 10.3 Å². The van der Waals surface area contributed by atoms with Crippen LogP contribution in [-0.4, -0.2) is 28.8 Å². The maximum atomic E-state index is 12.6. The summed E-state index contributed by atoms with van der Waals surface area (Å²) in [6, 6.07) is 15.5. The molecule has 0 spiro atoms. The van der Waals surface area contributed by atoms with Crippen molar-refractivity contribution in [2.45, 2.75) is 52.0 Å². The SMILES string of the molecule is CCCN1c2cc(Cl)c(/C=N/NC(=O)c3cccc(-n4cccc4)c3)cc2C(C)CC1(C)C. The molecule has 172 valence electrons. The maximum absolute atomic E-state index is 12.6.